The minimum absolute atomic E-state index is 0.0364. The Hall–Kier alpha value is -3.08. The topological polar surface area (TPSA) is 59.0 Å². The molecule has 132 valence electrons. The van der Waals surface area contributed by atoms with Crippen LogP contribution in [0.4, 0.5) is 11.4 Å². The van der Waals surface area contributed by atoms with Crippen molar-refractivity contribution in [1.82, 2.24) is 9.78 Å². The highest BCUT2D eigenvalue weighted by molar-refractivity contribution is 6.00. The molecule has 1 aliphatic rings. The van der Waals surface area contributed by atoms with Crippen LogP contribution in [-0.4, -0.2) is 21.7 Å². The largest absolute Gasteiger partial charge is 0.380 e. The van der Waals surface area contributed by atoms with Crippen molar-refractivity contribution in [2.75, 3.05) is 10.6 Å². The lowest BCUT2D eigenvalue weighted by molar-refractivity contribution is -0.116. The molecule has 2 aromatic carbocycles. The summed E-state index contributed by atoms with van der Waals surface area (Å²) in [6.07, 6.45) is 4.40. The second-order valence-corrected chi connectivity index (χ2v) is 6.82. The van der Waals surface area contributed by atoms with Gasteiger partial charge >= 0.3 is 0 Å². The number of aromatic nitrogens is 2. The van der Waals surface area contributed by atoms with E-state index >= 15 is 0 Å². The number of nitrogens with one attached hydrogen (secondary N) is 2. The third-order valence-electron chi connectivity index (χ3n) is 4.81. The number of anilines is 2. The summed E-state index contributed by atoms with van der Waals surface area (Å²) >= 11 is 0. The van der Waals surface area contributed by atoms with Crippen molar-refractivity contribution in [3.05, 3.63) is 66.5 Å². The van der Waals surface area contributed by atoms with Gasteiger partial charge < -0.3 is 10.6 Å². The van der Waals surface area contributed by atoms with E-state index in [1.807, 2.05) is 48.1 Å². The molecule has 0 bridgehead atoms. The minimum Gasteiger partial charge on any atom is -0.380 e. The average Bonchev–Trinajstić information content (AvgIpc) is 3.07. The van der Waals surface area contributed by atoms with E-state index in [2.05, 4.69) is 47.1 Å². The number of carbonyl (C=O) groups is 1. The number of benzene rings is 2. The molecule has 2 unspecified atom stereocenters. The number of rotatable bonds is 3. The summed E-state index contributed by atoms with van der Waals surface area (Å²) < 4.78 is 1.97. The first-order valence-electron chi connectivity index (χ1n) is 8.90. The van der Waals surface area contributed by atoms with Gasteiger partial charge in [-0.25, -0.2) is 0 Å². The van der Waals surface area contributed by atoms with E-state index in [0.29, 0.717) is 6.42 Å². The second kappa shape index (κ2) is 6.67. The predicted molar refractivity (Wildman–Crippen MR) is 104 cm³/mol. The van der Waals surface area contributed by atoms with E-state index in [0.717, 1.165) is 22.5 Å². The van der Waals surface area contributed by atoms with Gasteiger partial charge in [0.2, 0.25) is 5.91 Å². The second-order valence-electron chi connectivity index (χ2n) is 6.82. The van der Waals surface area contributed by atoms with Crippen LogP contribution in [0.3, 0.4) is 0 Å². The van der Waals surface area contributed by atoms with Crippen molar-refractivity contribution < 1.29 is 4.79 Å². The van der Waals surface area contributed by atoms with Gasteiger partial charge in [0.25, 0.3) is 0 Å². The van der Waals surface area contributed by atoms with E-state index in [4.69, 9.17) is 0 Å². The van der Waals surface area contributed by atoms with Gasteiger partial charge in [0, 0.05) is 29.8 Å². The molecule has 1 amide bonds. The number of nitrogens with zero attached hydrogens (tertiary/aromatic N) is 2. The molecule has 2 N–H and O–H groups in total. The molecule has 2 heterocycles. The summed E-state index contributed by atoms with van der Waals surface area (Å²) in [7, 11) is 0. The number of fused-ring (bicyclic) bond motifs is 1. The maximum absolute atomic E-state index is 12.0. The zero-order valence-corrected chi connectivity index (χ0v) is 14.9. The van der Waals surface area contributed by atoms with Crippen LogP contribution in [-0.2, 0) is 4.79 Å². The highest BCUT2D eigenvalue weighted by atomic mass is 16.1. The third-order valence-corrected chi connectivity index (χ3v) is 4.81. The molecular weight excluding hydrogens is 324 g/mol. The molecule has 2 atom stereocenters. The Morgan fingerprint density at radius 3 is 2.77 bits per heavy atom. The van der Waals surface area contributed by atoms with Crippen LogP contribution in [0.1, 0.15) is 31.9 Å². The quantitative estimate of drug-likeness (QED) is 0.743. The van der Waals surface area contributed by atoms with Crippen molar-refractivity contribution in [1.29, 1.82) is 0 Å². The number of carbonyl (C=O) groups excluding carboxylic acids is 1. The highest BCUT2D eigenvalue weighted by Crippen LogP contribution is 2.36. The van der Waals surface area contributed by atoms with Crippen molar-refractivity contribution >= 4 is 17.3 Å². The normalized spacial score (nSPS) is 17.6. The summed E-state index contributed by atoms with van der Waals surface area (Å²) in [6, 6.07) is 16.5. The lowest BCUT2D eigenvalue weighted by Gasteiger charge is -2.16. The van der Waals surface area contributed by atoms with Gasteiger partial charge in [0.05, 0.1) is 23.6 Å². The van der Waals surface area contributed by atoms with E-state index in [-0.39, 0.29) is 18.0 Å². The van der Waals surface area contributed by atoms with Crippen molar-refractivity contribution in [2.45, 2.75) is 32.4 Å². The molecule has 4 rings (SSSR count). The molecule has 0 saturated heterocycles. The van der Waals surface area contributed by atoms with Crippen molar-refractivity contribution in [3.63, 3.8) is 0 Å². The zero-order chi connectivity index (χ0) is 18.1. The van der Waals surface area contributed by atoms with Crippen molar-refractivity contribution in [3.8, 4) is 11.1 Å². The van der Waals surface area contributed by atoms with Gasteiger partial charge in [-0.2, -0.15) is 5.10 Å². The number of amides is 1. The van der Waals surface area contributed by atoms with Crippen LogP contribution in [0, 0.1) is 0 Å². The summed E-state index contributed by atoms with van der Waals surface area (Å²) in [5, 5.41) is 11.0. The molecule has 1 aromatic heterocycles. The van der Waals surface area contributed by atoms with E-state index < -0.39 is 0 Å². The van der Waals surface area contributed by atoms with Crippen LogP contribution >= 0.6 is 0 Å². The lowest BCUT2D eigenvalue weighted by atomic mass is 10.0. The van der Waals surface area contributed by atoms with Crippen molar-refractivity contribution in [2.24, 2.45) is 0 Å². The van der Waals surface area contributed by atoms with Crippen LogP contribution in [0.2, 0.25) is 0 Å². The van der Waals surface area contributed by atoms with Gasteiger partial charge in [-0.3, -0.25) is 9.48 Å². The molecule has 0 aliphatic carbocycles. The molecule has 0 radical (unpaired) electrons. The smallest absolute Gasteiger partial charge is 0.226 e. The average molecular weight is 346 g/mol. The monoisotopic (exact) mass is 346 g/mol. The maximum atomic E-state index is 12.0. The molecular formula is C21H22N4O. The Bertz CT molecular complexity index is 932. The Kier molecular flexibility index (Phi) is 4.21. The highest BCUT2D eigenvalue weighted by Gasteiger charge is 2.21. The molecule has 0 saturated carbocycles. The first kappa shape index (κ1) is 16.4. The Labute approximate surface area is 153 Å². The predicted octanol–water partition coefficient (Wildman–Crippen LogP) is 4.30. The minimum atomic E-state index is 0.0364. The molecule has 0 fully saturated rings. The van der Waals surface area contributed by atoms with Crippen LogP contribution in [0.5, 0.6) is 0 Å². The lowest BCUT2D eigenvalue weighted by Crippen LogP contribution is -2.19. The van der Waals surface area contributed by atoms with Crippen LogP contribution in [0.25, 0.3) is 11.1 Å². The van der Waals surface area contributed by atoms with Gasteiger partial charge in [-0.15, -0.1) is 0 Å². The molecule has 26 heavy (non-hydrogen) atoms. The third kappa shape index (κ3) is 3.08. The SMILES string of the molecule is CC1CC(=O)Nc2cccc(-c3cnn(C(C)c4ccccc4)c3)c2N1. The fraction of sp³-hybridized carbons (Fsp3) is 0.238. The Morgan fingerprint density at radius 1 is 1.15 bits per heavy atom. The summed E-state index contributed by atoms with van der Waals surface area (Å²) in [5.74, 6) is 0.0364. The van der Waals surface area contributed by atoms with E-state index in [1.54, 1.807) is 0 Å². The van der Waals surface area contributed by atoms with Gasteiger partial charge in [-0.05, 0) is 25.5 Å². The molecule has 5 nitrogen and oxygen atoms in total. The standard InChI is InChI=1S/C21H22N4O/c1-14-11-20(26)24-19-10-6-9-18(21(19)23-14)17-12-22-25(13-17)15(2)16-7-4-3-5-8-16/h3-10,12-15,23H,11H2,1-2H3,(H,24,26). The summed E-state index contributed by atoms with van der Waals surface area (Å²) in [6.45, 7) is 4.16. The Balaban J connectivity index is 1.71. The first-order valence-corrected chi connectivity index (χ1v) is 8.90. The van der Waals surface area contributed by atoms with Crippen LogP contribution < -0.4 is 10.6 Å². The van der Waals surface area contributed by atoms with Gasteiger partial charge in [0.1, 0.15) is 0 Å². The number of para-hydroxylation sites is 1. The molecule has 3 aromatic rings. The van der Waals surface area contributed by atoms with E-state index in [1.165, 1.54) is 5.56 Å². The number of hydrogen-bond acceptors (Lipinski definition) is 3. The first-order chi connectivity index (χ1) is 12.6. The fourth-order valence-electron chi connectivity index (χ4n) is 3.40. The zero-order valence-electron chi connectivity index (χ0n) is 14.9. The molecule has 5 heteroatoms. The van der Waals surface area contributed by atoms with E-state index in [9.17, 15) is 4.79 Å². The summed E-state index contributed by atoms with van der Waals surface area (Å²) in [4.78, 5) is 12.0. The fourth-order valence-corrected chi connectivity index (χ4v) is 3.40. The maximum Gasteiger partial charge on any atom is 0.226 e. The van der Waals surface area contributed by atoms with Crippen LogP contribution in [0.15, 0.2) is 60.9 Å². The molecule has 1 aliphatic heterocycles. The number of hydrogen-bond donors (Lipinski definition) is 2. The van der Waals surface area contributed by atoms with Gasteiger partial charge in [-0.1, -0.05) is 42.5 Å². The summed E-state index contributed by atoms with van der Waals surface area (Å²) in [5.41, 5.74) is 5.06. The molecule has 0 spiro atoms. The van der Waals surface area contributed by atoms with Gasteiger partial charge in [0.15, 0.2) is 0 Å². The Morgan fingerprint density at radius 2 is 1.96 bits per heavy atom.